The lowest BCUT2D eigenvalue weighted by Crippen LogP contribution is -2.53. The second-order valence-electron chi connectivity index (χ2n) is 6.64. The van der Waals surface area contributed by atoms with Crippen LogP contribution in [0.2, 0.25) is 0 Å². The molecule has 2 heterocycles. The number of nitrogens with zero attached hydrogens (tertiary/aromatic N) is 1. The monoisotopic (exact) mass is 303 g/mol. The van der Waals surface area contributed by atoms with Crippen LogP contribution >= 0.6 is 11.3 Å². The van der Waals surface area contributed by atoms with Crippen LogP contribution in [0.1, 0.15) is 49.1 Å². The van der Waals surface area contributed by atoms with Crippen molar-refractivity contribution < 1.29 is 4.79 Å². The fourth-order valence-corrected chi connectivity index (χ4v) is 4.70. The number of anilines is 1. The number of piperidine rings is 1. The summed E-state index contributed by atoms with van der Waals surface area (Å²) in [6, 6.07) is 2.09. The van der Waals surface area contributed by atoms with Gasteiger partial charge in [0.2, 0.25) is 5.91 Å². The molecule has 112 valence electrons. The summed E-state index contributed by atoms with van der Waals surface area (Å²) in [5.74, 6) is -0.00359. The van der Waals surface area contributed by atoms with Crippen LogP contribution in [0, 0.1) is 16.7 Å². The summed E-state index contributed by atoms with van der Waals surface area (Å²) >= 11 is 1.58. The van der Waals surface area contributed by atoms with Crippen LogP contribution in [-0.2, 0) is 17.6 Å². The predicted octanol–water partition coefficient (Wildman–Crippen LogP) is 2.83. The molecule has 0 aromatic carbocycles. The summed E-state index contributed by atoms with van der Waals surface area (Å²) in [6.07, 6.45) is 5.29. The number of rotatable bonds is 2. The van der Waals surface area contributed by atoms with E-state index in [1.807, 2.05) is 0 Å². The molecule has 1 amide bonds. The second kappa shape index (κ2) is 5.43. The van der Waals surface area contributed by atoms with E-state index in [9.17, 15) is 10.1 Å². The molecule has 21 heavy (non-hydrogen) atoms. The fourth-order valence-electron chi connectivity index (χ4n) is 3.45. The van der Waals surface area contributed by atoms with Crippen LogP contribution in [0.25, 0.3) is 0 Å². The van der Waals surface area contributed by atoms with Crippen LogP contribution in [-0.4, -0.2) is 18.5 Å². The number of thiophene rings is 1. The Morgan fingerprint density at radius 3 is 2.95 bits per heavy atom. The largest absolute Gasteiger partial charge is 0.315 e. The summed E-state index contributed by atoms with van der Waals surface area (Å²) in [6.45, 7) is 5.14. The minimum Gasteiger partial charge on any atom is -0.315 e. The molecule has 0 spiro atoms. The first kappa shape index (κ1) is 14.6. The Bertz CT molecular complexity index is 612. The minimum absolute atomic E-state index is 0.00359. The lowest BCUT2D eigenvalue weighted by Gasteiger charge is -2.38. The normalized spacial score (nSPS) is 23.4. The van der Waals surface area contributed by atoms with Crippen molar-refractivity contribution in [1.29, 1.82) is 5.26 Å². The first-order valence-electron chi connectivity index (χ1n) is 7.62. The van der Waals surface area contributed by atoms with Crippen LogP contribution in [0.5, 0.6) is 0 Å². The van der Waals surface area contributed by atoms with Crippen molar-refractivity contribution in [3.8, 4) is 6.07 Å². The molecule has 2 N–H and O–H groups in total. The van der Waals surface area contributed by atoms with Gasteiger partial charge in [0.1, 0.15) is 11.1 Å². The summed E-state index contributed by atoms with van der Waals surface area (Å²) in [5, 5.41) is 16.5. The van der Waals surface area contributed by atoms with E-state index in [2.05, 4.69) is 30.6 Å². The Kier molecular flexibility index (Phi) is 3.76. The minimum atomic E-state index is -0.185. The molecule has 1 aromatic heterocycles. The van der Waals surface area contributed by atoms with Crippen LogP contribution in [0.15, 0.2) is 0 Å². The van der Waals surface area contributed by atoms with Crippen LogP contribution in [0.4, 0.5) is 5.00 Å². The highest BCUT2D eigenvalue weighted by molar-refractivity contribution is 7.16. The van der Waals surface area contributed by atoms with Gasteiger partial charge in [-0.1, -0.05) is 13.8 Å². The number of carbonyl (C=O) groups excluding carboxylic acids is 1. The number of nitrogens with one attached hydrogen (secondary N) is 2. The topological polar surface area (TPSA) is 64.9 Å². The van der Waals surface area contributed by atoms with Gasteiger partial charge in [0.25, 0.3) is 0 Å². The Hall–Kier alpha value is -1.38. The maximum absolute atomic E-state index is 12.6. The predicted molar refractivity (Wildman–Crippen MR) is 84.5 cm³/mol. The van der Waals surface area contributed by atoms with Gasteiger partial charge < -0.3 is 10.6 Å². The number of carbonyl (C=O) groups is 1. The summed E-state index contributed by atoms with van der Waals surface area (Å²) in [7, 11) is 0. The molecule has 1 fully saturated rings. The Balaban J connectivity index is 1.81. The number of nitriles is 1. The van der Waals surface area contributed by atoms with Crippen molar-refractivity contribution in [3.63, 3.8) is 0 Å². The molecule has 1 unspecified atom stereocenters. The van der Waals surface area contributed by atoms with E-state index >= 15 is 0 Å². The van der Waals surface area contributed by atoms with E-state index in [-0.39, 0.29) is 17.4 Å². The smallest absolute Gasteiger partial charge is 0.242 e. The molecular formula is C16H21N3OS. The van der Waals surface area contributed by atoms with Gasteiger partial charge in [-0.2, -0.15) is 5.26 Å². The number of aryl methyl sites for hydroxylation is 1. The standard InChI is InChI=1S/C16H21N3OS/c1-16(2)7-4-8-18-13(16)14(20)19-15-11(9-17)10-5-3-6-12(10)21-15/h13,18H,3-8H2,1-2H3,(H,19,20). The van der Waals surface area contributed by atoms with E-state index in [1.54, 1.807) is 11.3 Å². The molecule has 3 rings (SSSR count). The zero-order chi connectivity index (χ0) is 15.0. The van der Waals surface area contributed by atoms with Crippen LogP contribution in [0.3, 0.4) is 0 Å². The molecule has 4 nitrogen and oxygen atoms in total. The Labute approximate surface area is 129 Å². The SMILES string of the molecule is CC1(C)CCCNC1C(=O)Nc1sc2c(c1C#N)CCC2. The molecule has 0 saturated carbocycles. The molecule has 1 aromatic rings. The Morgan fingerprint density at radius 1 is 1.43 bits per heavy atom. The molecule has 1 aliphatic carbocycles. The second-order valence-corrected chi connectivity index (χ2v) is 7.75. The van der Waals surface area contributed by atoms with Gasteiger partial charge in [0.15, 0.2) is 0 Å². The molecule has 1 aliphatic heterocycles. The third-order valence-electron chi connectivity index (χ3n) is 4.66. The van der Waals surface area contributed by atoms with E-state index in [0.29, 0.717) is 5.56 Å². The highest BCUT2D eigenvalue weighted by Gasteiger charge is 2.37. The van der Waals surface area contributed by atoms with Crippen molar-refractivity contribution in [1.82, 2.24) is 5.32 Å². The summed E-state index contributed by atoms with van der Waals surface area (Å²) in [5.41, 5.74) is 1.80. The van der Waals surface area contributed by atoms with Crippen LogP contribution < -0.4 is 10.6 Å². The summed E-state index contributed by atoms with van der Waals surface area (Å²) in [4.78, 5) is 13.9. The van der Waals surface area contributed by atoms with Crippen molar-refractivity contribution in [2.45, 2.75) is 52.0 Å². The van der Waals surface area contributed by atoms with Crippen molar-refractivity contribution in [2.75, 3.05) is 11.9 Å². The molecule has 5 heteroatoms. The lowest BCUT2D eigenvalue weighted by molar-refractivity contribution is -0.121. The molecule has 0 bridgehead atoms. The molecule has 0 radical (unpaired) electrons. The third kappa shape index (κ3) is 2.58. The van der Waals surface area contributed by atoms with Gasteiger partial charge in [-0.15, -0.1) is 11.3 Å². The molecule has 2 aliphatic rings. The lowest BCUT2D eigenvalue weighted by atomic mass is 9.77. The number of hydrogen-bond donors (Lipinski definition) is 2. The van der Waals surface area contributed by atoms with Gasteiger partial charge in [-0.05, 0) is 49.6 Å². The number of fused-ring (bicyclic) bond motifs is 1. The van der Waals surface area contributed by atoms with Crippen molar-refractivity contribution >= 4 is 22.2 Å². The van der Waals surface area contributed by atoms with Gasteiger partial charge >= 0.3 is 0 Å². The maximum atomic E-state index is 12.6. The van der Waals surface area contributed by atoms with Gasteiger partial charge in [-0.25, -0.2) is 0 Å². The molecule has 1 atom stereocenters. The highest BCUT2D eigenvalue weighted by Crippen LogP contribution is 2.39. The van der Waals surface area contributed by atoms with E-state index in [4.69, 9.17) is 0 Å². The average molecular weight is 303 g/mol. The number of amides is 1. The van der Waals surface area contributed by atoms with Gasteiger partial charge in [-0.3, -0.25) is 4.79 Å². The average Bonchev–Trinajstić information content (AvgIpc) is 2.98. The first-order chi connectivity index (χ1) is 10.0. The van der Waals surface area contributed by atoms with Gasteiger partial charge in [0.05, 0.1) is 11.6 Å². The quantitative estimate of drug-likeness (QED) is 0.883. The first-order valence-corrected chi connectivity index (χ1v) is 8.43. The molecular weight excluding hydrogens is 282 g/mol. The molecule has 1 saturated heterocycles. The van der Waals surface area contributed by atoms with E-state index in [1.165, 1.54) is 4.88 Å². The van der Waals surface area contributed by atoms with Crippen molar-refractivity contribution in [3.05, 3.63) is 16.0 Å². The fraction of sp³-hybridized carbons (Fsp3) is 0.625. The maximum Gasteiger partial charge on any atom is 0.242 e. The van der Waals surface area contributed by atoms with Gasteiger partial charge in [0, 0.05) is 4.88 Å². The summed E-state index contributed by atoms with van der Waals surface area (Å²) < 4.78 is 0. The Morgan fingerprint density at radius 2 is 2.24 bits per heavy atom. The van der Waals surface area contributed by atoms with E-state index in [0.717, 1.165) is 49.2 Å². The zero-order valence-electron chi connectivity index (χ0n) is 12.6. The third-order valence-corrected chi connectivity index (χ3v) is 5.87. The highest BCUT2D eigenvalue weighted by atomic mass is 32.1. The van der Waals surface area contributed by atoms with E-state index < -0.39 is 0 Å². The zero-order valence-corrected chi connectivity index (χ0v) is 13.4. The van der Waals surface area contributed by atoms with Crippen molar-refractivity contribution in [2.24, 2.45) is 5.41 Å². The number of hydrogen-bond acceptors (Lipinski definition) is 4.